The van der Waals surface area contributed by atoms with Gasteiger partial charge in [-0.15, -0.1) is 0 Å². The summed E-state index contributed by atoms with van der Waals surface area (Å²) in [5.74, 6) is 0.731. The van der Waals surface area contributed by atoms with Gasteiger partial charge in [0, 0.05) is 31.4 Å². The van der Waals surface area contributed by atoms with Crippen molar-refractivity contribution in [2.75, 3.05) is 33.3 Å². The van der Waals surface area contributed by atoms with Gasteiger partial charge in [0.1, 0.15) is 11.4 Å². The molecule has 0 spiro atoms. The van der Waals surface area contributed by atoms with Crippen molar-refractivity contribution in [3.05, 3.63) is 24.0 Å². The van der Waals surface area contributed by atoms with Gasteiger partial charge in [-0.25, -0.2) is 0 Å². The molecular weight excluding hydrogens is 278 g/mol. The standard InChI is InChI=1S/C17H25N3O2/c1-22-15-7-8-18-16(12-15)17(21)20-11-3-2-6-14(20)13-19-9-4-5-10-19/h7-8,12,14H,2-6,9-11,13H2,1H3. The largest absolute Gasteiger partial charge is 0.497 e. The highest BCUT2D eigenvalue weighted by atomic mass is 16.5. The summed E-state index contributed by atoms with van der Waals surface area (Å²) in [6.07, 6.45) is 7.63. The smallest absolute Gasteiger partial charge is 0.272 e. The molecule has 1 atom stereocenters. The van der Waals surface area contributed by atoms with E-state index in [9.17, 15) is 4.79 Å². The van der Waals surface area contributed by atoms with Crippen LogP contribution in [0.3, 0.4) is 0 Å². The Hall–Kier alpha value is -1.62. The Balaban J connectivity index is 1.72. The predicted octanol–water partition coefficient (Wildman–Crippen LogP) is 2.18. The number of nitrogens with zero attached hydrogens (tertiary/aromatic N) is 3. The quantitative estimate of drug-likeness (QED) is 0.855. The van der Waals surface area contributed by atoms with Gasteiger partial charge in [-0.1, -0.05) is 0 Å². The molecule has 3 rings (SSSR count). The number of carbonyl (C=O) groups excluding carboxylic acids is 1. The number of likely N-dealkylation sites (tertiary alicyclic amines) is 2. The van der Waals surface area contributed by atoms with Crippen molar-refractivity contribution >= 4 is 5.91 Å². The van der Waals surface area contributed by atoms with E-state index in [-0.39, 0.29) is 5.91 Å². The van der Waals surface area contributed by atoms with Crippen LogP contribution in [0.5, 0.6) is 5.75 Å². The number of piperidine rings is 1. The minimum atomic E-state index is 0.0443. The van der Waals surface area contributed by atoms with Crippen molar-refractivity contribution in [3.8, 4) is 5.75 Å². The molecule has 1 unspecified atom stereocenters. The first-order chi connectivity index (χ1) is 10.8. The molecule has 0 aliphatic carbocycles. The van der Waals surface area contributed by atoms with Crippen molar-refractivity contribution in [2.45, 2.75) is 38.1 Å². The molecule has 1 aromatic rings. The number of methoxy groups -OCH3 is 1. The first-order valence-electron chi connectivity index (χ1n) is 8.31. The molecule has 0 bridgehead atoms. The number of rotatable bonds is 4. The van der Waals surface area contributed by atoms with E-state index in [1.807, 2.05) is 4.90 Å². The van der Waals surface area contributed by atoms with Gasteiger partial charge in [0.15, 0.2) is 0 Å². The lowest BCUT2D eigenvalue weighted by molar-refractivity contribution is 0.0554. The number of carbonyl (C=O) groups is 1. The summed E-state index contributed by atoms with van der Waals surface area (Å²) in [4.78, 5) is 21.6. The molecule has 2 aliphatic rings. The van der Waals surface area contributed by atoms with Crippen molar-refractivity contribution in [2.24, 2.45) is 0 Å². The summed E-state index contributed by atoms with van der Waals surface area (Å²) in [6.45, 7) is 4.21. The number of hydrogen-bond donors (Lipinski definition) is 0. The van der Waals surface area contributed by atoms with Gasteiger partial charge in [-0.05, 0) is 51.3 Å². The summed E-state index contributed by atoms with van der Waals surface area (Å²) < 4.78 is 5.21. The van der Waals surface area contributed by atoms with E-state index < -0.39 is 0 Å². The van der Waals surface area contributed by atoms with Gasteiger partial charge in [0.25, 0.3) is 5.91 Å². The van der Waals surface area contributed by atoms with E-state index in [1.165, 1.54) is 32.4 Å². The molecule has 1 amide bonds. The maximum absolute atomic E-state index is 12.8. The van der Waals surface area contributed by atoms with E-state index >= 15 is 0 Å². The third-order valence-electron chi connectivity index (χ3n) is 4.74. The van der Waals surface area contributed by atoms with E-state index in [0.717, 1.165) is 25.9 Å². The lowest BCUT2D eigenvalue weighted by Gasteiger charge is -2.37. The Bertz CT molecular complexity index is 514. The van der Waals surface area contributed by atoms with Crippen LogP contribution in [0.4, 0.5) is 0 Å². The van der Waals surface area contributed by atoms with Crippen LogP contribution < -0.4 is 4.74 Å². The third kappa shape index (κ3) is 3.40. The van der Waals surface area contributed by atoms with E-state index in [2.05, 4.69) is 9.88 Å². The Morgan fingerprint density at radius 1 is 1.27 bits per heavy atom. The number of hydrogen-bond acceptors (Lipinski definition) is 4. The van der Waals surface area contributed by atoms with Crippen LogP contribution in [0, 0.1) is 0 Å². The van der Waals surface area contributed by atoms with Crippen LogP contribution >= 0.6 is 0 Å². The maximum atomic E-state index is 12.8. The van der Waals surface area contributed by atoms with Crippen LogP contribution in [0.15, 0.2) is 18.3 Å². The Labute approximate surface area is 132 Å². The van der Waals surface area contributed by atoms with Crippen molar-refractivity contribution < 1.29 is 9.53 Å². The highest BCUT2D eigenvalue weighted by Crippen LogP contribution is 2.22. The fourth-order valence-corrected chi connectivity index (χ4v) is 3.52. The van der Waals surface area contributed by atoms with Gasteiger partial charge < -0.3 is 14.5 Å². The second-order valence-corrected chi connectivity index (χ2v) is 6.24. The molecule has 2 aliphatic heterocycles. The van der Waals surface area contributed by atoms with E-state index in [4.69, 9.17) is 4.74 Å². The molecule has 5 heteroatoms. The monoisotopic (exact) mass is 303 g/mol. The molecule has 0 saturated carbocycles. The zero-order valence-electron chi connectivity index (χ0n) is 13.3. The predicted molar refractivity (Wildman–Crippen MR) is 85.1 cm³/mol. The molecule has 2 fully saturated rings. The van der Waals surface area contributed by atoms with Gasteiger partial charge in [0.2, 0.25) is 0 Å². The normalized spacial score (nSPS) is 22.8. The van der Waals surface area contributed by atoms with Gasteiger partial charge in [-0.2, -0.15) is 0 Å². The summed E-state index contributed by atoms with van der Waals surface area (Å²) in [7, 11) is 1.61. The molecular formula is C17H25N3O2. The van der Waals surface area contributed by atoms with E-state index in [1.54, 1.807) is 25.4 Å². The van der Waals surface area contributed by atoms with Gasteiger partial charge in [-0.3, -0.25) is 9.78 Å². The third-order valence-corrected chi connectivity index (χ3v) is 4.74. The van der Waals surface area contributed by atoms with Gasteiger partial charge >= 0.3 is 0 Å². The highest BCUT2D eigenvalue weighted by Gasteiger charge is 2.30. The van der Waals surface area contributed by atoms with Crippen LogP contribution in [0.25, 0.3) is 0 Å². The van der Waals surface area contributed by atoms with Crippen molar-refractivity contribution in [1.29, 1.82) is 0 Å². The number of pyridine rings is 1. The lowest BCUT2D eigenvalue weighted by Crippen LogP contribution is -2.49. The second-order valence-electron chi connectivity index (χ2n) is 6.24. The number of ether oxygens (including phenoxy) is 1. The van der Waals surface area contributed by atoms with Crippen LogP contribution in [0.2, 0.25) is 0 Å². The second kappa shape index (κ2) is 7.09. The first-order valence-corrected chi connectivity index (χ1v) is 8.31. The van der Waals surface area contributed by atoms with Gasteiger partial charge in [0.05, 0.1) is 7.11 Å². The van der Waals surface area contributed by atoms with Crippen LogP contribution in [-0.2, 0) is 0 Å². The van der Waals surface area contributed by atoms with E-state index in [0.29, 0.717) is 17.5 Å². The highest BCUT2D eigenvalue weighted by molar-refractivity contribution is 5.93. The van der Waals surface area contributed by atoms with Crippen LogP contribution in [-0.4, -0.2) is 60.0 Å². The number of aromatic nitrogens is 1. The zero-order valence-corrected chi connectivity index (χ0v) is 13.3. The topological polar surface area (TPSA) is 45.7 Å². The zero-order chi connectivity index (χ0) is 15.4. The van der Waals surface area contributed by atoms with Crippen LogP contribution in [0.1, 0.15) is 42.6 Å². The molecule has 5 nitrogen and oxygen atoms in total. The molecule has 0 N–H and O–H groups in total. The maximum Gasteiger partial charge on any atom is 0.272 e. The fraction of sp³-hybridized carbons (Fsp3) is 0.647. The minimum absolute atomic E-state index is 0.0443. The minimum Gasteiger partial charge on any atom is -0.497 e. The summed E-state index contributed by atoms with van der Waals surface area (Å²) in [6, 6.07) is 3.84. The average Bonchev–Trinajstić information content (AvgIpc) is 3.08. The summed E-state index contributed by atoms with van der Waals surface area (Å²) in [5.41, 5.74) is 0.493. The molecule has 2 saturated heterocycles. The Morgan fingerprint density at radius 2 is 2.05 bits per heavy atom. The molecule has 120 valence electrons. The lowest BCUT2D eigenvalue weighted by atomic mass is 10.0. The molecule has 0 aromatic carbocycles. The summed E-state index contributed by atoms with van der Waals surface area (Å²) in [5, 5.41) is 0. The SMILES string of the molecule is COc1ccnc(C(=O)N2CCCCC2CN2CCCC2)c1. The first kappa shape index (κ1) is 15.3. The van der Waals surface area contributed by atoms with Crippen molar-refractivity contribution in [1.82, 2.24) is 14.8 Å². The molecule has 0 radical (unpaired) electrons. The average molecular weight is 303 g/mol. The number of amides is 1. The summed E-state index contributed by atoms with van der Waals surface area (Å²) >= 11 is 0. The molecule has 22 heavy (non-hydrogen) atoms. The molecule has 1 aromatic heterocycles. The fourth-order valence-electron chi connectivity index (χ4n) is 3.52. The Morgan fingerprint density at radius 3 is 2.82 bits per heavy atom. The van der Waals surface area contributed by atoms with Crippen molar-refractivity contribution in [3.63, 3.8) is 0 Å². The molecule has 3 heterocycles. The Kier molecular flexibility index (Phi) is 4.93.